The summed E-state index contributed by atoms with van der Waals surface area (Å²) >= 11 is 0.796. The van der Waals surface area contributed by atoms with Crippen LogP contribution in [-0.4, -0.2) is 62.2 Å². The number of hydrogen-bond donors (Lipinski definition) is 2. The number of aliphatic hydroxyl groups is 1. The minimum atomic E-state index is -3.90. The third kappa shape index (κ3) is 3.01. The Balaban J connectivity index is 2.41. The van der Waals surface area contributed by atoms with Gasteiger partial charge >= 0.3 is 5.69 Å². The fraction of sp³-hybridized carbons (Fsp3) is 0.600. The van der Waals surface area contributed by atoms with Crippen LogP contribution in [0, 0.1) is 10.1 Å². The number of hydrogen-bond acceptors (Lipinski definition) is 8. The van der Waals surface area contributed by atoms with Crippen molar-refractivity contribution in [2.24, 2.45) is 0 Å². The predicted octanol–water partition coefficient (Wildman–Crippen LogP) is 0.0798. The Morgan fingerprint density at radius 3 is 2.90 bits per heavy atom. The summed E-state index contributed by atoms with van der Waals surface area (Å²) in [6.45, 7) is 0.0594. The van der Waals surface area contributed by atoms with Gasteiger partial charge in [-0.15, -0.1) is 0 Å². The number of sulfonamides is 1. The lowest BCUT2D eigenvalue weighted by atomic mass is 10.3. The van der Waals surface area contributed by atoms with Gasteiger partial charge in [-0.1, -0.05) is 11.3 Å². The lowest BCUT2D eigenvalue weighted by molar-refractivity contribution is -0.383. The number of aliphatic hydroxyl groups excluding tert-OH is 1. The second kappa shape index (κ2) is 6.23. The van der Waals surface area contributed by atoms with Crippen LogP contribution in [0.5, 0.6) is 0 Å². The van der Waals surface area contributed by atoms with Gasteiger partial charge in [-0.3, -0.25) is 10.1 Å². The second-order valence-corrected chi connectivity index (χ2v) is 7.48. The van der Waals surface area contributed by atoms with Crippen LogP contribution in [0.1, 0.15) is 0 Å². The molecule has 1 aliphatic rings. The number of ether oxygens (including phenoxy) is 1. The van der Waals surface area contributed by atoms with E-state index in [1.54, 1.807) is 0 Å². The standard InChI is InChI=1S/C10H15N3O6S2/c1-11-10-8(13(15)16)4-9(20-10)21(17,18)12-2-3-19-6-7(12)5-14/h4,7,11,14H,2-3,5-6H2,1H3. The van der Waals surface area contributed by atoms with E-state index in [4.69, 9.17) is 4.74 Å². The number of nitro groups is 1. The summed E-state index contributed by atoms with van der Waals surface area (Å²) in [6.07, 6.45) is 0. The van der Waals surface area contributed by atoms with Crippen molar-refractivity contribution in [3.63, 3.8) is 0 Å². The Bertz CT molecular complexity index is 629. The highest BCUT2D eigenvalue weighted by Gasteiger charge is 2.36. The van der Waals surface area contributed by atoms with E-state index in [0.717, 1.165) is 21.7 Å². The molecule has 0 radical (unpaired) electrons. The van der Waals surface area contributed by atoms with Gasteiger partial charge in [0.25, 0.3) is 10.0 Å². The molecule has 0 bridgehead atoms. The maximum Gasteiger partial charge on any atom is 0.304 e. The zero-order chi connectivity index (χ0) is 15.6. The van der Waals surface area contributed by atoms with E-state index in [1.165, 1.54) is 7.05 Å². The van der Waals surface area contributed by atoms with Gasteiger partial charge < -0.3 is 15.2 Å². The fourth-order valence-electron chi connectivity index (χ4n) is 2.02. The number of nitrogens with one attached hydrogen (secondary N) is 1. The quantitative estimate of drug-likeness (QED) is 0.576. The molecule has 0 saturated carbocycles. The van der Waals surface area contributed by atoms with E-state index >= 15 is 0 Å². The third-order valence-corrected chi connectivity index (χ3v) is 6.60. The molecule has 9 nitrogen and oxygen atoms in total. The van der Waals surface area contributed by atoms with Gasteiger partial charge in [0.1, 0.15) is 4.21 Å². The molecule has 0 amide bonds. The summed E-state index contributed by atoms with van der Waals surface area (Å²) in [5.74, 6) is 0. The molecule has 0 aromatic carbocycles. The largest absolute Gasteiger partial charge is 0.395 e. The van der Waals surface area contributed by atoms with Gasteiger partial charge in [0.15, 0.2) is 5.00 Å². The topological polar surface area (TPSA) is 122 Å². The molecule has 1 aromatic rings. The first kappa shape index (κ1) is 16.1. The zero-order valence-corrected chi connectivity index (χ0v) is 12.8. The Morgan fingerprint density at radius 1 is 1.67 bits per heavy atom. The Labute approximate surface area is 125 Å². The van der Waals surface area contributed by atoms with Crippen molar-refractivity contribution in [2.45, 2.75) is 10.3 Å². The molecule has 1 atom stereocenters. The van der Waals surface area contributed by atoms with Crippen molar-refractivity contribution in [1.82, 2.24) is 4.31 Å². The maximum absolute atomic E-state index is 12.6. The first-order chi connectivity index (χ1) is 9.91. The van der Waals surface area contributed by atoms with Gasteiger partial charge in [0.2, 0.25) is 0 Å². The van der Waals surface area contributed by atoms with Crippen molar-refractivity contribution in [3.05, 3.63) is 16.2 Å². The molecular formula is C10H15N3O6S2. The molecule has 2 rings (SSSR count). The van der Waals surface area contributed by atoms with Crippen LogP contribution in [0.25, 0.3) is 0 Å². The summed E-state index contributed by atoms with van der Waals surface area (Å²) in [4.78, 5) is 10.3. The molecule has 21 heavy (non-hydrogen) atoms. The van der Waals surface area contributed by atoms with Crippen LogP contribution < -0.4 is 5.32 Å². The van der Waals surface area contributed by atoms with E-state index in [1.807, 2.05) is 0 Å². The van der Waals surface area contributed by atoms with E-state index in [-0.39, 0.29) is 41.3 Å². The first-order valence-electron chi connectivity index (χ1n) is 6.08. The average molecular weight is 337 g/mol. The molecule has 1 aliphatic heterocycles. The van der Waals surface area contributed by atoms with Crippen LogP contribution >= 0.6 is 11.3 Å². The minimum Gasteiger partial charge on any atom is -0.395 e. The van der Waals surface area contributed by atoms with E-state index in [0.29, 0.717) is 0 Å². The van der Waals surface area contributed by atoms with E-state index < -0.39 is 21.0 Å². The van der Waals surface area contributed by atoms with E-state index in [9.17, 15) is 23.6 Å². The van der Waals surface area contributed by atoms with Gasteiger partial charge in [0, 0.05) is 19.7 Å². The Hall–Kier alpha value is -1.27. The minimum absolute atomic E-state index is 0.0993. The number of rotatable bonds is 5. The number of anilines is 1. The van der Waals surface area contributed by atoms with Gasteiger partial charge in [-0.25, -0.2) is 8.42 Å². The normalized spacial score (nSPS) is 20.4. The third-order valence-electron chi connectivity index (χ3n) is 3.06. The van der Waals surface area contributed by atoms with Crippen molar-refractivity contribution in [1.29, 1.82) is 0 Å². The smallest absolute Gasteiger partial charge is 0.304 e. The van der Waals surface area contributed by atoms with E-state index in [2.05, 4.69) is 5.32 Å². The lowest BCUT2D eigenvalue weighted by Gasteiger charge is -2.32. The van der Waals surface area contributed by atoms with Gasteiger partial charge in [-0.2, -0.15) is 4.31 Å². The number of thiophene rings is 1. The fourth-order valence-corrected chi connectivity index (χ4v) is 5.01. The summed E-state index contributed by atoms with van der Waals surface area (Å²) in [7, 11) is -2.41. The van der Waals surface area contributed by atoms with Gasteiger partial charge in [-0.05, 0) is 0 Å². The van der Waals surface area contributed by atoms with Crippen molar-refractivity contribution >= 4 is 32.0 Å². The van der Waals surface area contributed by atoms with Crippen LogP contribution in [0.2, 0.25) is 0 Å². The zero-order valence-electron chi connectivity index (χ0n) is 11.2. The molecule has 1 saturated heterocycles. The van der Waals surface area contributed by atoms with Crippen LogP contribution in [0.4, 0.5) is 10.7 Å². The summed E-state index contributed by atoms with van der Waals surface area (Å²) in [5, 5.41) is 23.0. The molecule has 2 N–H and O–H groups in total. The predicted molar refractivity (Wildman–Crippen MR) is 76.1 cm³/mol. The molecule has 11 heteroatoms. The highest BCUT2D eigenvalue weighted by Crippen LogP contribution is 2.38. The summed E-state index contributed by atoms with van der Waals surface area (Å²) in [6, 6.07) is 0.360. The average Bonchev–Trinajstić information content (AvgIpc) is 2.92. The van der Waals surface area contributed by atoms with Crippen molar-refractivity contribution < 1.29 is 23.2 Å². The molecule has 1 fully saturated rings. The molecule has 1 unspecified atom stereocenters. The molecule has 0 spiro atoms. The molecule has 0 aliphatic carbocycles. The SMILES string of the molecule is CNc1sc(S(=O)(=O)N2CCOCC2CO)cc1[N+](=O)[O-]. The molecule has 2 heterocycles. The molecular weight excluding hydrogens is 322 g/mol. The summed E-state index contributed by atoms with van der Waals surface area (Å²) < 4.78 is 31.3. The molecule has 1 aromatic heterocycles. The molecule has 118 valence electrons. The van der Waals surface area contributed by atoms with Crippen LogP contribution in [0.3, 0.4) is 0 Å². The monoisotopic (exact) mass is 337 g/mol. The van der Waals surface area contributed by atoms with Crippen molar-refractivity contribution in [3.8, 4) is 0 Å². The first-order valence-corrected chi connectivity index (χ1v) is 8.34. The Morgan fingerprint density at radius 2 is 2.38 bits per heavy atom. The van der Waals surface area contributed by atoms with Crippen molar-refractivity contribution in [2.75, 3.05) is 38.7 Å². The van der Waals surface area contributed by atoms with Gasteiger partial charge in [0.05, 0.1) is 30.8 Å². The highest BCUT2D eigenvalue weighted by atomic mass is 32.2. The lowest BCUT2D eigenvalue weighted by Crippen LogP contribution is -2.50. The maximum atomic E-state index is 12.6. The Kier molecular flexibility index (Phi) is 4.78. The second-order valence-electron chi connectivity index (χ2n) is 4.31. The highest BCUT2D eigenvalue weighted by molar-refractivity contribution is 7.91. The van der Waals surface area contributed by atoms with Crippen LogP contribution in [-0.2, 0) is 14.8 Å². The number of morpholine rings is 1. The number of nitrogens with zero attached hydrogens (tertiary/aromatic N) is 2. The summed E-state index contributed by atoms with van der Waals surface area (Å²) in [5.41, 5.74) is -0.283. The van der Waals surface area contributed by atoms with Crippen LogP contribution in [0.15, 0.2) is 10.3 Å².